The Labute approximate surface area is 161 Å². The van der Waals surface area contributed by atoms with Crippen LogP contribution in [0.1, 0.15) is 132 Å². The Morgan fingerprint density at radius 1 is 0.348 bits per heavy atom. The van der Waals surface area contributed by atoms with E-state index >= 15 is 0 Å². The van der Waals surface area contributed by atoms with Crippen LogP contribution in [0.3, 0.4) is 0 Å². The first-order chi connectivity index (χ1) is 11.1. The molecule has 0 aromatic heterocycles. The van der Waals surface area contributed by atoms with E-state index in [1.807, 2.05) is 0 Å². The standard InChI is InChI=1S/4C5H12.CH2Cl2/c4*1-3-5-4-2;2-1-3/h4*3-5H2,1-2H3;1H2. The van der Waals surface area contributed by atoms with Gasteiger partial charge in [-0.15, -0.1) is 23.2 Å². The Morgan fingerprint density at radius 3 is 0.435 bits per heavy atom. The van der Waals surface area contributed by atoms with Crippen LogP contribution in [-0.4, -0.2) is 5.34 Å². The first kappa shape index (κ1) is 34.8. The minimum absolute atomic E-state index is 0.194. The third-order valence-electron chi connectivity index (χ3n) is 2.83. The van der Waals surface area contributed by atoms with E-state index in [9.17, 15) is 0 Å². The zero-order chi connectivity index (χ0) is 19.2. The molecule has 23 heavy (non-hydrogen) atoms. The highest BCUT2D eigenvalue weighted by molar-refractivity contribution is 6.40. The number of hydrogen-bond donors (Lipinski definition) is 0. The van der Waals surface area contributed by atoms with Crippen molar-refractivity contribution in [1.82, 2.24) is 0 Å². The van der Waals surface area contributed by atoms with Gasteiger partial charge in [-0.05, 0) is 0 Å². The highest BCUT2D eigenvalue weighted by Crippen LogP contribution is 1.89. The molecule has 0 atom stereocenters. The van der Waals surface area contributed by atoms with Crippen LogP contribution in [0.5, 0.6) is 0 Å². The molecule has 0 fully saturated rings. The minimum Gasteiger partial charge on any atom is -0.109 e. The van der Waals surface area contributed by atoms with Crippen molar-refractivity contribution in [3.05, 3.63) is 0 Å². The summed E-state index contributed by atoms with van der Waals surface area (Å²) in [5, 5.41) is 0.194. The molecule has 0 N–H and O–H groups in total. The van der Waals surface area contributed by atoms with E-state index in [0.29, 0.717) is 0 Å². The van der Waals surface area contributed by atoms with Crippen LogP contribution in [0, 0.1) is 0 Å². The molecular formula is C21H50Cl2. The number of alkyl halides is 2. The molecule has 0 aromatic rings. The van der Waals surface area contributed by atoms with E-state index in [2.05, 4.69) is 55.4 Å². The zero-order valence-electron chi connectivity index (χ0n) is 17.9. The van der Waals surface area contributed by atoms with Crippen molar-refractivity contribution in [1.29, 1.82) is 0 Å². The molecule has 148 valence electrons. The number of rotatable bonds is 8. The van der Waals surface area contributed by atoms with Gasteiger partial charge in [0.1, 0.15) is 0 Å². The second-order valence-electron chi connectivity index (χ2n) is 5.52. The summed E-state index contributed by atoms with van der Waals surface area (Å²) in [5.74, 6) is 0. The van der Waals surface area contributed by atoms with Gasteiger partial charge < -0.3 is 0 Å². The molecule has 0 saturated carbocycles. The van der Waals surface area contributed by atoms with E-state index in [0.717, 1.165) is 0 Å². The van der Waals surface area contributed by atoms with Crippen LogP contribution in [0.4, 0.5) is 0 Å². The summed E-state index contributed by atoms with van der Waals surface area (Å²) in [5.41, 5.74) is 0. The molecular weight excluding hydrogens is 323 g/mol. The summed E-state index contributed by atoms with van der Waals surface area (Å²) < 4.78 is 0. The molecule has 0 unspecified atom stereocenters. The maximum absolute atomic E-state index is 4.76. The van der Waals surface area contributed by atoms with Gasteiger partial charge >= 0.3 is 0 Å². The lowest BCUT2D eigenvalue weighted by molar-refractivity contribution is 0.772. The van der Waals surface area contributed by atoms with Gasteiger partial charge in [0.2, 0.25) is 0 Å². The van der Waals surface area contributed by atoms with E-state index in [-0.39, 0.29) is 5.34 Å². The van der Waals surface area contributed by atoms with Gasteiger partial charge in [-0.1, -0.05) is 132 Å². The lowest BCUT2D eigenvalue weighted by Gasteiger charge is -1.79. The predicted octanol–water partition coefficient (Wildman–Crippen LogP) is 10.2. The molecule has 0 amide bonds. The minimum atomic E-state index is 0.194. The van der Waals surface area contributed by atoms with Crippen molar-refractivity contribution in [2.75, 3.05) is 5.34 Å². The highest BCUT2D eigenvalue weighted by atomic mass is 35.5. The fourth-order valence-electron chi connectivity index (χ4n) is 1.41. The average molecular weight is 374 g/mol. The molecule has 0 saturated heterocycles. The summed E-state index contributed by atoms with van der Waals surface area (Å²) in [6.07, 6.45) is 16.3. The summed E-state index contributed by atoms with van der Waals surface area (Å²) in [7, 11) is 0. The molecule has 0 aliphatic rings. The van der Waals surface area contributed by atoms with E-state index in [1.165, 1.54) is 77.0 Å². The molecule has 0 rings (SSSR count). The third kappa shape index (κ3) is 130. The van der Waals surface area contributed by atoms with Crippen molar-refractivity contribution < 1.29 is 0 Å². The molecule has 0 aliphatic carbocycles. The summed E-state index contributed by atoms with van der Waals surface area (Å²) in [6, 6.07) is 0. The zero-order valence-corrected chi connectivity index (χ0v) is 19.5. The van der Waals surface area contributed by atoms with Crippen molar-refractivity contribution >= 4 is 23.2 Å². The van der Waals surface area contributed by atoms with Gasteiger partial charge in [0.15, 0.2) is 0 Å². The lowest BCUT2D eigenvalue weighted by atomic mass is 10.3. The predicted molar refractivity (Wildman–Crippen MR) is 117 cm³/mol. The number of unbranched alkanes of at least 4 members (excludes halogenated alkanes) is 8. The van der Waals surface area contributed by atoms with Crippen molar-refractivity contribution in [2.45, 2.75) is 132 Å². The topological polar surface area (TPSA) is 0 Å². The molecule has 0 heterocycles. The van der Waals surface area contributed by atoms with Crippen LogP contribution in [0.25, 0.3) is 0 Å². The maximum atomic E-state index is 4.76. The van der Waals surface area contributed by atoms with Crippen LogP contribution < -0.4 is 0 Å². The second kappa shape index (κ2) is 57.0. The first-order valence-electron chi connectivity index (χ1n) is 10.2. The Balaban J connectivity index is -0.0000000593. The van der Waals surface area contributed by atoms with E-state index in [1.54, 1.807) is 0 Å². The smallest absolute Gasteiger partial charge is 0.0967 e. The van der Waals surface area contributed by atoms with Crippen LogP contribution in [0.15, 0.2) is 0 Å². The van der Waals surface area contributed by atoms with Gasteiger partial charge in [0.25, 0.3) is 0 Å². The average Bonchev–Trinajstić information content (AvgIpc) is 2.53. The first-order valence-corrected chi connectivity index (χ1v) is 11.3. The lowest BCUT2D eigenvalue weighted by Crippen LogP contribution is -1.59. The molecule has 0 bridgehead atoms. The molecule has 0 aromatic carbocycles. The van der Waals surface area contributed by atoms with E-state index in [4.69, 9.17) is 23.2 Å². The quantitative estimate of drug-likeness (QED) is 0.371. The van der Waals surface area contributed by atoms with Gasteiger partial charge in [-0.3, -0.25) is 0 Å². The molecule has 0 nitrogen and oxygen atoms in total. The maximum Gasteiger partial charge on any atom is 0.0967 e. The van der Waals surface area contributed by atoms with Crippen molar-refractivity contribution in [2.24, 2.45) is 0 Å². The fourth-order valence-corrected chi connectivity index (χ4v) is 1.41. The van der Waals surface area contributed by atoms with Crippen LogP contribution >= 0.6 is 23.2 Å². The van der Waals surface area contributed by atoms with Gasteiger partial charge in [0.05, 0.1) is 5.34 Å². The Kier molecular flexibility index (Phi) is 86.3. The number of hydrogen-bond acceptors (Lipinski definition) is 0. The normalized spacial score (nSPS) is 8.09. The Hall–Kier alpha value is 0.580. The summed E-state index contributed by atoms with van der Waals surface area (Å²) in [6.45, 7) is 17.7. The molecule has 2 heteroatoms. The van der Waals surface area contributed by atoms with Crippen LogP contribution in [-0.2, 0) is 0 Å². The fraction of sp³-hybridized carbons (Fsp3) is 1.00. The van der Waals surface area contributed by atoms with Crippen LogP contribution in [0.2, 0.25) is 0 Å². The Morgan fingerprint density at radius 2 is 0.435 bits per heavy atom. The van der Waals surface area contributed by atoms with Crippen molar-refractivity contribution in [3.8, 4) is 0 Å². The summed E-state index contributed by atoms with van der Waals surface area (Å²) in [4.78, 5) is 0. The second-order valence-corrected chi connectivity index (χ2v) is 6.32. The molecule has 0 aliphatic heterocycles. The largest absolute Gasteiger partial charge is 0.109 e. The third-order valence-corrected chi connectivity index (χ3v) is 2.83. The number of halogens is 2. The monoisotopic (exact) mass is 372 g/mol. The summed E-state index contributed by atoms with van der Waals surface area (Å²) >= 11 is 9.53. The molecule has 0 spiro atoms. The van der Waals surface area contributed by atoms with Gasteiger partial charge in [0, 0.05) is 0 Å². The van der Waals surface area contributed by atoms with Crippen molar-refractivity contribution in [3.63, 3.8) is 0 Å². The van der Waals surface area contributed by atoms with E-state index < -0.39 is 0 Å². The van der Waals surface area contributed by atoms with Gasteiger partial charge in [-0.25, -0.2) is 0 Å². The molecule has 0 radical (unpaired) electrons. The highest BCUT2D eigenvalue weighted by Gasteiger charge is 1.69. The SMILES string of the molecule is CCCCC.CCCCC.CCCCC.CCCCC.ClCCl. The Bertz CT molecular complexity index is 74.0. The van der Waals surface area contributed by atoms with Gasteiger partial charge in [-0.2, -0.15) is 0 Å².